The van der Waals surface area contributed by atoms with Crippen molar-refractivity contribution >= 4 is 29.9 Å². The first kappa shape index (κ1) is 24.8. The molecule has 0 radical (unpaired) electrons. The molecule has 1 saturated heterocycles. The fourth-order valence-electron chi connectivity index (χ4n) is 4.84. The quantitative estimate of drug-likeness (QED) is 0.334. The van der Waals surface area contributed by atoms with Crippen molar-refractivity contribution in [2.75, 3.05) is 39.9 Å². The minimum Gasteiger partial charge on any atom is -0.497 e. The number of nitrogens with one attached hydrogen (secondary N) is 1. The lowest BCUT2D eigenvalue weighted by Crippen LogP contribution is -2.48. The van der Waals surface area contributed by atoms with E-state index < -0.39 is 0 Å². The van der Waals surface area contributed by atoms with Gasteiger partial charge in [-0.05, 0) is 37.5 Å². The molecule has 1 unspecified atom stereocenters. The summed E-state index contributed by atoms with van der Waals surface area (Å²) >= 11 is 0. The van der Waals surface area contributed by atoms with Gasteiger partial charge in [0.05, 0.1) is 33.0 Å². The molecule has 2 fully saturated rings. The van der Waals surface area contributed by atoms with Crippen LogP contribution in [0.1, 0.15) is 49.8 Å². The van der Waals surface area contributed by atoms with Crippen LogP contribution < -0.4 is 10.1 Å². The van der Waals surface area contributed by atoms with Gasteiger partial charge in [0, 0.05) is 37.3 Å². The Bertz CT molecular complexity index is 894. The minimum atomic E-state index is 0. The first-order chi connectivity index (χ1) is 15.1. The first-order valence-electron chi connectivity index (χ1n) is 11.4. The second kappa shape index (κ2) is 11.4. The van der Waals surface area contributed by atoms with Gasteiger partial charge in [0.1, 0.15) is 11.9 Å². The van der Waals surface area contributed by atoms with E-state index in [9.17, 15) is 0 Å². The van der Waals surface area contributed by atoms with E-state index in [2.05, 4.69) is 40.4 Å². The van der Waals surface area contributed by atoms with E-state index in [1.165, 1.54) is 31.2 Å². The normalized spacial score (nSPS) is 20.7. The fourth-order valence-corrected chi connectivity index (χ4v) is 4.84. The SMILES string of the molecule is CCNC(=NCC1(c2cccc(OC)c2)CCCC1)N1CCOC(c2cnn(C)c2)C1.I. The number of aryl methyl sites for hydroxylation is 1. The number of nitrogens with zero attached hydrogens (tertiary/aromatic N) is 4. The molecule has 1 aliphatic heterocycles. The summed E-state index contributed by atoms with van der Waals surface area (Å²) in [6.45, 7) is 6.07. The van der Waals surface area contributed by atoms with Crippen molar-refractivity contribution in [2.45, 2.75) is 44.1 Å². The number of morpholine rings is 1. The summed E-state index contributed by atoms with van der Waals surface area (Å²) in [5.74, 6) is 1.90. The van der Waals surface area contributed by atoms with E-state index in [0.717, 1.165) is 43.5 Å². The van der Waals surface area contributed by atoms with E-state index in [1.54, 1.807) is 7.11 Å². The largest absolute Gasteiger partial charge is 0.497 e. The average molecular weight is 553 g/mol. The predicted molar refractivity (Wildman–Crippen MR) is 138 cm³/mol. The van der Waals surface area contributed by atoms with Crippen LogP contribution in [0, 0.1) is 0 Å². The summed E-state index contributed by atoms with van der Waals surface area (Å²) in [5.41, 5.74) is 2.55. The predicted octanol–water partition coefficient (Wildman–Crippen LogP) is 3.90. The zero-order valence-corrected chi connectivity index (χ0v) is 21.7. The van der Waals surface area contributed by atoms with Gasteiger partial charge in [-0.1, -0.05) is 25.0 Å². The number of benzene rings is 1. The molecule has 1 aromatic heterocycles. The number of rotatable bonds is 6. The summed E-state index contributed by atoms with van der Waals surface area (Å²) in [5, 5.41) is 7.83. The molecule has 2 aliphatic rings. The highest BCUT2D eigenvalue weighted by atomic mass is 127. The van der Waals surface area contributed by atoms with E-state index in [1.807, 2.05) is 30.2 Å². The number of aromatic nitrogens is 2. The van der Waals surface area contributed by atoms with Crippen molar-refractivity contribution in [1.29, 1.82) is 0 Å². The van der Waals surface area contributed by atoms with E-state index in [-0.39, 0.29) is 35.5 Å². The third-order valence-electron chi connectivity index (χ3n) is 6.57. The first-order valence-corrected chi connectivity index (χ1v) is 11.4. The Morgan fingerprint density at radius 2 is 2.16 bits per heavy atom. The molecule has 0 spiro atoms. The van der Waals surface area contributed by atoms with Gasteiger partial charge in [0.25, 0.3) is 0 Å². The number of halogens is 1. The monoisotopic (exact) mass is 553 g/mol. The van der Waals surface area contributed by atoms with Gasteiger partial charge in [-0.15, -0.1) is 24.0 Å². The highest BCUT2D eigenvalue weighted by Gasteiger charge is 2.36. The molecule has 1 saturated carbocycles. The van der Waals surface area contributed by atoms with Crippen LogP contribution in [0.2, 0.25) is 0 Å². The second-order valence-corrected chi connectivity index (χ2v) is 8.64. The van der Waals surface area contributed by atoms with E-state index >= 15 is 0 Å². The molecule has 1 N–H and O–H groups in total. The maximum absolute atomic E-state index is 6.04. The number of guanidine groups is 1. The molecule has 7 nitrogen and oxygen atoms in total. The van der Waals surface area contributed by atoms with Gasteiger partial charge in [-0.3, -0.25) is 9.67 Å². The van der Waals surface area contributed by atoms with Crippen LogP contribution in [0.3, 0.4) is 0 Å². The molecule has 2 heterocycles. The summed E-state index contributed by atoms with van der Waals surface area (Å²) in [6, 6.07) is 8.56. The third-order valence-corrected chi connectivity index (χ3v) is 6.57. The molecule has 1 aliphatic carbocycles. The molecule has 0 amide bonds. The van der Waals surface area contributed by atoms with Gasteiger partial charge < -0.3 is 19.7 Å². The average Bonchev–Trinajstić information content (AvgIpc) is 3.47. The third kappa shape index (κ3) is 5.57. The molecule has 2 aromatic rings. The zero-order valence-electron chi connectivity index (χ0n) is 19.4. The Kier molecular flexibility index (Phi) is 8.81. The Balaban J connectivity index is 0.00000289. The number of methoxy groups -OCH3 is 1. The van der Waals surface area contributed by atoms with Crippen LogP contribution >= 0.6 is 24.0 Å². The molecule has 8 heteroatoms. The maximum atomic E-state index is 6.04. The summed E-state index contributed by atoms with van der Waals surface area (Å²) in [7, 11) is 3.67. The van der Waals surface area contributed by atoms with Crippen molar-refractivity contribution in [1.82, 2.24) is 20.0 Å². The topological polar surface area (TPSA) is 63.9 Å². The smallest absolute Gasteiger partial charge is 0.194 e. The highest BCUT2D eigenvalue weighted by molar-refractivity contribution is 14.0. The minimum absolute atomic E-state index is 0. The number of hydrogen-bond donors (Lipinski definition) is 1. The van der Waals surface area contributed by atoms with Gasteiger partial charge >= 0.3 is 0 Å². The zero-order chi connectivity index (χ0) is 21.7. The summed E-state index contributed by atoms with van der Waals surface area (Å²) < 4.78 is 13.4. The molecule has 1 atom stereocenters. The van der Waals surface area contributed by atoms with Crippen LogP contribution in [0.4, 0.5) is 0 Å². The van der Waals surface area contributed by atoms with Crippen LogP contribution in [0.5, 0.6) is 5.75 Å². The number of hydrogen-bond acceptors (Lipinski definition) is 4. The Morgan fingerprint density at radius 3 is 2.84 bits per heavy atom. The van der Waals surface area contributed by atoms with Gasteiger partial charge in [-0.2, -0.15) is 5.10 Å². The van der Waals surface area contributed by atoms with Crippen molar-refractivity contribution in [2.24, 2.45) is 12.0 Å². The Morgan fingerprint density at radius 1 is 1.34 bits per heavy atom. The molecule has 4 rings (SSSR count). The van der Waals surface area contributed by atoms with Gasteiger partial charge in [-0.25, -0.2) is 0 Å². The van der Waals surface area contributed by atoms with Crippen LogP contribution in [0.15, 0.2) is 41.7 Å². The molecule has 0 bridgehead atoms. The van der Waals surface area contributed by atoms with E-state index in [0.29, 0.717) is 6.61 Å². The van der Waals surface area contributed by atoms with Crippen LogP contribution in [0.25, 0.3) is 0 Å². The summed E-state index contributed by atoms with van der Waals surface area (Å²) in [6.07, 6.45) is 8.80. The molecule has 32 heavy (non-hydrogen) atoms. The Labute approximate surface area is 208 Å². The highest BCUT2D eigenvalue weighted by Crippen LogP contribution is 2.42. The van der Waals surface area contributed by atoms with Crippen molar-refractivity contribution in [3.8, 4) is 5.75 Å². The fraction of sp³-hybridized carbons (Fsp3) is 0.583. The number of ether oxygens (including phenoxy) is 2. The molecular weight excluding hydrogens is 517 g/mol. The van der Waals surface area contributed by atoms with Crippen LogP contribution in [-0.2, 0) is 17.2 Å². The lowest BCUT2D eigenvalue weighted by Gasteiger charge is -2.36. The van der Waals surface area contributed by atoms with Crippen molar-refractivity contribution < 1.29 is 9.47 Å². The lowest BCUT2D eigenvalue weighted by molar-refractivity contribution is -0.00807. The van der Waals surface area contributed by atoms with Crippen LogP contribution in [-0.4, -0.2) is 60.5 Å². The standard InChI is InChI=1S/C24H35N5O2.HI/c1-4-25-23(29-12-13-31-22(17-29)19-15-27-28(2)16-19)26-18-24(10-5-6-11-24)20-8-7-9-21(14-20)30-3;/h7-9,14-16,22H,4-6,10-13,17-18H2,1-3H3,(H,25,26);1H. The van der Waals surface area contributed by atoms with E-state index in [4.69, 9.17) is 14.5 Å². The second-order valence-electron chi connectivity index (χ2n) is 8.64. The molecule has 176 valence electrons. The van der Waals surface area contributed by atoms with Gasteiger partial charge in [0.2, 0.25) is 0 Å². The Hall–Kier alpha value is -1.81. The maximum Gasteiger partial charge on any atom is 0.194 e. The lowest BCUT2D eigenvalue weighted by atomic mass is 9.79. The number of aliphatic imine (C=N–C) groups is 1. The molecular formula is C24H36IN5O2. The van der Waals surface area contributed by atoms with Gasteiger partial charge in [0.15, 0.2) is 5.96 Å². The molecule has 1 aromatic carbocycles. The van der Waals surface area contributed by atoms with Crippen molar-refractivity contribution in [3.63, 3.8) is 0 Å². The van der Waals surface area contributed by atoms with Crippen molar-refractivity contribution in [3.05, 3.63) is 47.8 Å². The summed E-state index contributed by atoms with van der Waals surface area (Å²) in [4.78, 5) is 7.50.